The molecule has 0 radical (unpaired) electrons. The van der Waals surface area contributed by atoms with Crippen molar-refractivity contribution in [1.82, 2.24) is 49.8 Å². The van der Waals surface area contributed by atoms with Crippen LogP contribution in [0.5, 0.6) is 5.75 Å². The molecule has 14 nitrogen and oxygen atoms in total. The van der Waals surface area contributed by atoms with Gasteiger partial charge in [-0.2, -0.15) is 9.78 Å². The predicted octanol–water partition coefficient (Wildman–Crippen LogP) is 1.95. The number of anilines is 1. The van der Waals surface area contributed by atoms with Crippen LogP contribution in [0.25, 0.3) is 22.4 Å². The van der Waals surface area contributed by atoms with Crippen LogP contribution in [0.15, 0.2) is 36.9 Å². The van der Waals surface area contributed by atoms with Crippen LogP contribution in [-0.4, -0.2) is 94.8 Å². The third-order valence-electron chi connectivity index (χ3n) is 8.26. The molecule has 1 spiro atoms. The number of nitrogens with one attached hydrogen (secondary N) is 1. The molecule has 6 heterocycles. The van der Waals surface area contributed by atoms with Gasteiger partial charge in [-0.05, 0) is 49.1 Å². The lowest BCUT2D eigenvalue weighted by molar-refractivity contribution is -0.125. The Hall–Kier alpha value is -4.88. The van der Waals surface area contributed by atoms with Gasteiger partial charge in [-0.3, -0.25) is 9.59 Å². The predicted molar refractivity (Wildman–Crippen MR) is 148 cm³/mol. The molecule has 1 N–H and O–H groups in total. The van der Waals surface area contributed by atoms with Gasteiger partial charge in [0.2, 0.25) is 5.95 Å². The lowest BCUT2D eigenvalue weighted by Gasteiger charge is -2.24. The number of ether oxygens (including phenoxy) is 1. The molecule has 1 atom stereocenters. The lowest BCUT2D eigenvalue weighted by Crippen LogP contribution is -2.38. The number of ketones is 1. The number of fused-ring (bicyclic) bond motifs is 1. The number of likely N-dealkylation sites (tertiary alicyclic amines) is 1. The molecule has 2 saturated heterocycles. The molecule has 4 aromatic rings. The second-order valence-corrected chi connectivity index (χ2v) is 10.8. The number of carbonyl (C=O) groups excluding carboxylic acids is 2. The van der Waals surface area contributed by atoms with Crippen molar-refractivity contribution >= 4 is 34.2 Å². The van der Waals surface area contributed by atoms with Crippen molar-refractivity contribution in [3.63, 3.8) is 0 Å². The first-order chi connectivity index (χ1) is 20.0. The van der Waals surface area contributed by atoms with E-state index in [2.05, 4.69) is 52.6 Å². The number of aromatic nitrogens is 9. The lowest BCUT2D eigenvalue weighted by atomic mass is 9.86. The van der Waals surface area contributed by atoms with Gasteiger partial charge in [-0.15, -0.1) is 0 Å². The van der Waals surface area contributed by atoms with E-state index in [1.165, 1.54) is 18.0 Å². The van der Waals surface area contributed by atoms with E-state index in [0.29, 0.717) is 47.3 Å². The van der Waals surface area contributed by atoms with E-state index in [-0.39, 0.29) is 11.0 Å². The highest BCUT2D eigenvalue weighted by Gasteiger charge is 2.47. The van der Waals surface area contributed by atoms with E-state index in [0.717, 1.165) is 44.5 Å². The molecule has 1 aliphatic carbocycles. The van der Waals surface area contributed by atoms with Gasteiger partial charge in [0.05, 0.1) is 35.5 Å². The van der Waals surface area contributed by atoms with E-state index in [9.17, 15) is 9.59 Å². The number of pyridine rings is 1. The summed E-state index contributed by atoms with van der Waals surface area (Å²) in [5.41, 5.74) is 1.63. The SMILES string of the molecule is COc1cnc(-n2cnc(C)n2)c2[nH]cc(C(=O)C(=O)N3CCC4(CCN(c5nnnn5C5=CCCC=C5)C4)C3)c12. The second kappa shape index (κ2) is 9.64. The highest BCUT2D eigenvalue weighted by Crippen LogP contribution is 2.41. The Labute approximate surface area is 234 Å². The van der Waals surface area contributed by atoms with Crippen LogP contribution in [0.3, 0.4) is 0 Å². The first-order valence-corrected chi connectivity index (χ1v) is 13.6. The fourth-order valence-corrected chi connectivity index (χ4v) is 6.17. The van der Waals surface area contributed by atoms with Crippen LogP contribution in [0.2, 0.25) is 0 Å². The number of nitrogens with zero attached hydrogens (tertiary/aromatic N) is 10. The molecule has 1 amide bonds. The number of Topliss-reactive ketones (excluding diaryl/α,β-unsaturated/α-hetero) is 1. The van der Waals surface area contributed by atoms with E-state index in [1.807, 2.05) is 6.08 Å². The number of carbonyl (C=O) groups is 2. The van der Waals surface area contributed by atoms with Crippen molar-refractivity contribution in [1.29, 1.82) is 0 Å². The first-order valence-electron chi connectivity index (χ1n) is 13.6. The van der Waals surface area contributed by atoms with E-state index < -0.39 is 11.7 Å². The Morgan fingerprint density at radius 3 is 2.78 bits per heavy atom. The van der Waals surface area contributed by atoms with Gasteiger partial charge in [0.1, 0.15) is 17.9 Å². The summed E-state index contributed by atoms with van der Waals surface area (Å²) in [6.45, 7) is 4.30. The molecular weight excluding hydrogens is 526 g/mol. The van der Waals surface area contributed by atoms with Crippen molar-refractivity contribution in [2.24, 2.45) is 5.41 Å². The largest absolute Gasteiger partial charge is 0.494 e. The highest BCUT2D eigenvalue weighted by atomic mass is 16.5. The molecule has 210 valence electrons. The van der Waals surface area contributed by atoms with E-state index in [4.69, 9.17) is 4.74 Å². The Kier molecular flexibility index (Phi) is 5.91. The standard InChI is InChI=1S/C27H29N11O3/c1-17-30-16-37(32-17)24-22-21(20(41-2)13-29-24)19(12-28-22)23(39)25(40)35-10-8-27(14-35)9-11-36(15-27)26-31-33-34-38(26)18-6-4-3-5-7-18/h4,6-7,12-13,16,28H,3,5,8-11,14-15H2,1-2H3. The maximum Gasteiger partial charge on any atom is 0.295 e. The summed E-state index contributed by atoms with van der Waals surface area (Å²) >= 11 is 0. The number of aryl methyl sites for hydroxylation is 1. The molecular formula is C27H29N11O3. The van der Waals surface area contributed by atoms with E-state index in [1.54, 1.807) is 29.0 Å². The minimum atomic E-state index is -0.590. The van der Waals surface area contributed by atoms with Crippen molar-refractivity contribution in [3.05, 3.63) is 48.3 Å². The number of rotatable bonds is 6. The third-order valence-corrected chi connectivity index (χ3v) is 8.26. The van der Waals surface area contributed by atoms with Crippen molar-refractivity contribution in [3.8, 4) is 11.6 Å². The summed E-state index contributed by atoms with van der Waals surface area (Å²) in [7, 11) is 1.51. The molecule has 2 aliphatic heterocycles. The van der Waals surface area contributed by atoms with Crippen LogP contribution in [0.4, 0.5) is 5.95 Å². The normalized spacial score (nSPS) is 20.4. The molecule has 14 heteroatoms. The quantitative estimate of drug-likeness (QED) is 0.276. The zero-order chi connectivity index (χ0) is 28.1. The minimum Gasteiger partial charge on any atom is -0.494 e. The summed E-state index contributed by atoms with van der Waals surface area (Å²) in [5.74, 6) is 1.03. The Morgan fingerprint density at radius 2 is 2.00 bits per heavy atom. The monoisotopic (exact) mass is 555 g/mol. The summed E-state index contributed by atoms with van der Waals surface area (Å²) in [4.78, 5) is 42.8. The van der Waals surface area contributed by atoms with Gasteiger partial charge in [-0.25, -0.2) is 14.6 Å². The molecule has 0 bridgehead atoms. The maximum atomic E-state index is 13.6. The molecule has 7 rings (SSSR count). The third kappa shape index (κ3) is 4.17. The second-order valence-electron chi connectivity index (χ2n) is 10.8. The number of amides is 1. The van der Waals surface area contributed by atoms with Crippen LogP contribution in [-0.2, 0) is 4.79 Å². The van der Waals surface area contributed by atoms with Gasteiger partial charge in [0.25, 0.3) is 11.7 Å². The van der Waals surface area contributed by atoms with Gasteiger partial charge in [0.15, 0.2) is 5.82 Å². The Morgan fingerprint density at radius 1 is 1.12 bits per heavy atom. The smallest absolute Gasteiger partial charge is 0.295 e. The average molecular weight is 556 g/mol. The highest BCUT2D eigenvalue weighted by molar-refractivity contribution is 6.45. The number of aromatic amines is 1. The molecule has 1 unspecified atom stereocenters. The zero-order valence-electron chi connectivity index (χ0n) is 22.8. The van der Waals surface area contributed by atoms with Gasteiger partial charge in [0, 0.05) is 37.8 Å². The van der Waals surface area contributed by atoms with Crippen LogP contribution in [0.1, 0.15) is 41.9 Å². The van der Waals surface area contributed by atoms with Crippen LogP contribution in [0, 0.1) is 12.3 Å². The summed E-state index contributed by atoms with van der Waals surface area (Å²) < 4.78 is 8.82. The first kappa shape index (κ1) is 25.1. The van der Waals surface area contributed by atoms with Crippen LogP contribution < -0.4 is 9.64 Å². The molecule has 0 aromatic carbocycles. The number of methoxy groups -OCH3 is 1. The summed E-state index contributed by atoms with van der Waals surface area (Å²) in [6.07, 6.45) is 14.6. The number of hydrogen-bond acceptors (Lipinski definition) is 10. The van der Waals surface area contributed by atoms with Crippen LogP contribution >= 0.6 is 0 Å². The molecule has 3 aliphatic rings. The van der Waals surface area contributed by atoms with E-state index >= 15 is 0 Å². The summed E-state index contributed by atoms with van der Waals surface area (Å²) in [5, 5.41) is 17.3. The maximum absolute atomic E-state index is 13.6. The Bertz CT molecular complexity index is 1730. The number of H-pyrrole nitrogens is 1. The number of hydrogen-bond donors (Lipinski definition) is 1. The minimum absolute atomic E-state index is 0.122. The van der Waals surface area contributed by atoms with Crippen molar-refractivity contribution in [2.45, 2.75) is 32.6 Å². The van der Waals surface area contributed by atoms with Crippen molar-refractivity contribution in [2.75, 3.05) is 38.2 Å². The molecule has 41 heavy (non-hydrogen) atoms. The Balaban J connectivity index is 1.11. The molecule has 0 saturated carbocycles. The zero-order valence-corrected chi connectivity index (χ0v) is 22.8. The average Bonchev–Trinajstić information content (AvgIpc) is 3.83. The fraction of sp³-hybridized carbons (Fsp3) is 0.407. The topological polar surface area (TPSA) is 153 Å². The number of tetrazole rings is 1. The van der Waals surface area contributed by atoms with Gasteiger partial charge < -0.3 is 19.5 Å². The molecule has 4 aromatic heterocycles. The fourth-order valence-electron chi connectivity index (χ4n) is 6.17. The van der Waals surface area contributed by atoms with Gasteiger partial charge in [-0.1, -0.05) is 17.3 Å². The number of allylic oxidation sites excluding steroid dienone is 4. The van der Waals surface area contributed by atoms with Crippen molar-refractivity contribution < 1.29 is 14.3 Å². The molecule has 2 fully saturated rings. The summed E-state index contributed by atoms with van der Waals surface area (Å²) in [6, 6.07) is 0. The van der Waals surface area contributed by atoms with Gasteiger partial charge >= 0.3 is 0 Å².